The van der Waals surface area contributed by atoms with E-state index in [1.165, 1.54) is 6.08 Å². The molecule has 0 aliphatic carbocycles. The second kappa shape index (κ2) is 9.73. The van der Waals surface area contributed by atoms with Crippen LogP contribution in [0, 0.1) is 11.3 Å². The van der Waals surface area contributed by atoms with Gasteiger partial charge in [-0.25, -0.2) is 0 Å². The van der Waals surface area contributed by atoms with E-state index in [9.17, 15) is 4.79 Å². The van der Waals surface area contributed by atoms with E-state index in [0.29, 0.717) is 40.9 Å². The monoisotopic (exact) mass is 374 g/mol. The number of rotatable bonds is 7. The van der Waals surface area contributed by atoms with Crippen molar-refractivity contribution in [3.8, 4) is 11.8 Å². The van der Waals surface area contributed by atoms with Gasteiger partial charge in [-0.3, -0.25) is 4.79 Å². The summed E-state index contributed by atoms with van der Waals surface area (Å²) in [6.07, 6.45) is 4.19. The van der Waals surface area contributed by atoms with E-state index in [2.05, 4.69) is 11.4 Å². The van der Waals surface area contributed by atoms with Crippen LogP contribution in [0.1, 0.15) is 18.4 Å². The molecule has 0 unspecified atom stereocenters. The lowest BCUT2D eigenvalue weighted by Crippen LogP contribution is -2.08. The molecule has 0 spiro atoms. The third kappa shape index (κ3) is 6.50. The van der Waals surface area contributed by atoms with Crippen molar-refractivity contribution in [1.82, 2.24) is 0 Å². The van der Waals surface area contributed by atoms with Gasteiger partial charge in [0.05, 0.1) is 22.7 Å². The first-order valence-corrected chi connectivity index (χ1v) is 8.38. The lowest BCUT2D eigenvalue weighted by Gasteiger charge is -2.07. The molecule has 0 atom stereocenters. The van der Waals surface area contributed by atoms with E-state index in [4.69, 9.17) is 33.2 Å². The second-order valence-electron chi connectivity index (χ2n) is 5.13. The number of nitrogens with zero attached hydrogens (tertiary/aromatic N) is 1. The third-order valence-electron chi connectivity index (χ3n) is 3.17. The second-order valence-corrected chi connectivity index (χ2v) is 5.95. The SMILES string of the molecule is N#CCCCOc1cccc(NC(=O)/C=C/c2ccc(Cl)c(Cl)c2)c1. The van der Waals surface area contributed by atoms with E-state index < -0.39 is 0 Å². The molecule has 0 heterocycles. The summed E-state index contributed by atoms with van der Waals surface area (Å²) in [4.78, 5) is 12.0. The lowest BCUT2D eigenvalue weighted by molar-refractivity contribution is -0.111. The number of nitrogens with one attached hydrogen (secondary N) is 1. The molecule has 2 aromatic carbocycles. The van der Waals surface area contributed by atoms with Crippen LogP contribution in [0.25, 0.3) is 6.08 Å². The number of carbonyl (C=O) groups is 1. The highest BCUT2D eigenvalue weighted by atomic mass is 35.5. The van der Waals surface area contributed by atoms with Gasteiger partial charge >= 0.3 is 0 Å². The van der Waals surface area contributed by atoms with Gasteiger partial charge < -0.3 is 10.1 Å². The molecule has 1 N–H and O–H groups in total. The summed E-state index contributed by atoms with van der Waals surface area (Å²) >= 11 is 11.8. The fourth-order valence-electron chi connectivity index (χ4n) is 1.98. The molecule has 1 amide bonds. The van der Waals surface area contributed by atoms with E-state index in [1.807, 2.05) is 0 Å². The first kappa shape index (κ1) is 18.9. The van der Waals surface area contributed by atoms with Crippen LogP contribution in [-0.2, 0) is 4.79 Å². The van der Waals surface area contributed by atoms with Crippen molar-refractivity contribution in [2.24, 2.45) is 0 Å². The van der Waals surface area contributed by atoms with Gasteiger partial charge in [-0.1, -0.05) is 35.3 Å². The standard InChI is InChI=1S/C19H16Cl2N2O2/c20-17-8-6-14(12-18(17)21)7-9-19(24)23-15-4-3-5-16(13-15)25-11-2-1-10-22/h3-9,12-13H,1-2,11H2,(H,23,24)/b9-7+. The molecule has 0 aliphatic heterocycles. The summed E-state index contributed by atoms with van der Waals surface area (Å²) in [5.74, 6) is 0.372. The van der Waals surface area contributed by atoms with Gasteiger partial charge in [-0.2, -0.15) is 5.26 Å². The summed E-state index contributed by atoms with van der Waals surface area (Å²) in [5.41, 5.74) is 1.40. The summed E-state index contributed by atoms with van der Waals surface area (Å²) < 4.78 is 5.54. The highest BCUT2D eigenvalue weighted by Gasteiger charge is 2.02. The van der Waals surface area contributed by atoms with Gasteiger partial charge in [0.2, 0.25) is 5.91 Å². The maximum atomic E-state index is 12.0. The largest absolute Gasteiger partial charge is 0.493 e. The van der Waals surface area contributed by atoms with Gasteiger partial charge in [0, 0.05) is 24.3 Å². The Bertz CT molecular complexity index is 813. The van der Waals surface area contributed by atoms with Crippen LogP contribution in [-0.4, -0.2) is 12.5 Å². The van der Waals surface area contributed by atoms with Crippen LogP contribution in [0.5, 0.6) is 5.75 Å². The molecule has 0 aliphatic rings. The number of nitriles is 1. The number of anilines is 1. The van der Waals surface area contributed by atoms with Crippen LogP contribution in [0.3, 0.4) is 0 Å². The normalized spacial score (nSPS) is 10.4. The average molecular weight is 375 g/mol. The van der Waals surface area contributed by atoms with Gasteiger partial charge in [-0.05, 0) is 42.3 Å². The fourth-order valence-corrected chi connectivity index (χ4v) is 2.28. The van der Waals surface area contributed by atoms with Crippen molar-refractivity contribution >= 4 is 40.9 Å². The lowest BCUT2D eigenvalue weighted by atomic mass is 10.2. The van der Waals surface area contributed by atoms with Gasteiger partial charge in [-0.15, -0.1) is 0 Å². The van der Waals surface area contributed by atoms with Crippen molar-refractivity contribution in [1.29, 1.82) is 5.26 Å². The minimum absolute atomic E-state index is 0.271. The Morgan fingerprint density at radius 1 is 1.20 bits per heavy atom. The van der Waals surface area contributed by atoms with Crippen LogP contribution in [0.2, 0.25) is 10.0 Å². The Morgan fingerprint density at radius 3 is 2.80 bits per heavy atom. The Hall–Kier alpha value is -2.48. The smallest absolute Gasteiger partial charge is 0.248 e. The Kier molecular flexibility index (Phi) is 7.34. The quantitative estimate of drug-likeness (QED) is 0.526. The summed E-state index contributed by atoms with van der Waals surface area (Å²) in [5, 5.41) is 12.2. The van der Waals surface area contributed by atoms with Gasteiger partial charge in [0.15, 0.2) is 0 Å². The minimum atomic E-state index is -0.271. The molecule has 4 nitrogen and oxygen atoms in total. The predicted octanol–water partition coefficient (Wildman–Crippen LogP) is 5.33. The van der Waals surface area contributed by atoms with Gasteiger partial charge in [0.1, 0.15) is 5.75 Å². The molecule has 0 fully saturated rings. The molecule has 0 bridgehead atoms. The van der Waals surface area contributed by atoms with E-state index in [1.54, 1.807) is 48.5 Å². The zero-order valence-corrected chi connectivity index (χ0v) is 14.8. The van der Waals surface area contributed by atoms with Crippen LogP contribution in [0.15, 0.2) is 48.5 Å². The summed E-state index contributed by atoms with van der Waals surface area (Å²) in [7, 11) is 0. The van der Waals surface area contributed by atoms with E-state index in [-0.39, 0.29) is 5.91 Å². The molecule has 128 valence electrons. The Morgan fingerprint density at radius 2 is 2.04 bits per heavy atom. The molecule has 0 radical (unpaired) electrons. The van der Waals surface area contributed by atoms with Crippen molar-refractivity contribution in [3.63, 3.8) is 0 Å². The summed E-state index contributed by atoms with van der Waals surface area (Å²) in [6.45, 7) is 0.461. The molecule has 25 heavy (non-hydrogen) atoms. The number of halogens is 2. The summed E-state index contributed by atoms with van der Waals surface area (Å²) in [6, 6.07) is 14.3. The Balaban J connectivity index is 1.92. The predicted molar refractivity (Wildman–Crippen MR) is 101 cm³/mol. The van der Waals surface area contributed by atoms with Crippen molar-refractivity contribution in [2.75, 3.05) is 11.9 Å². The van der Waals surface area contributed by atoms with Crippen LogP contribution in [0.4, 0.5) is 5.69 Å². The first-order chi connectivity index (χ1) is 12.1. The molecule has 2 aromatic rings. The zero-order chi connectivity index (χ0) is 18.1. The van der Waals surface area contributed by atoms with Crippen molar-refractivity contribution < 1.29 is 9.53 Å². The topological polar surface area (TPSA) is 62.1 Å². The molecule has 0 saturated carbocycles. The van der Waals surface area contributed by atoms with Crippen molar-refractivity contribution in [3.05, 3.63) is 64.1 Å². The van der Waals surface area contributed by atoms with Crippen LogP contribution < -0.4 is 10.1 Å². The maximum Gasteiger partial charge on any atom is 0.248 e. The highest BCUT2D eigenvalue weighted by Crippen LogP contribution is 2.23. The number of amides is 1. The third-order valence-corrected chi connectivity index (χ3v) is 3.91. The molecular formula is C19H16Cl2N2O2. The number of hydrogen-bond donors (Lipinski definition) is 1. The number of benzene rings is 2. The molecule has 6 heteroatoms. The molecule has 2 rings (SSSR count). The van der Waals surface area contributed by atoms with E-state index >= 15 is 0 Å². The first-order valence-electron chi connectivity index (χ1n) is 7.62. The number of hydrogen-bond acceptors (Lipinski definition) is 3. The van der Waals surface area contributed by atoms with Gasteiger partial charge in [0.25, 0.3) is 0 Å². The highest BCUT2D eigenvalue weighted by molar-refractivity contribution is 6.42. The average Bonchev–Trinajstić information content (AvgIpc) is 2.60. The van der Waals surface area contributed by atoms with E-state index in [0.717, 1.165) is 5.56 Å². The number of ether oxygens (including phenoxy) is 1. The molecule has 0 saturated heterocycles. The zero-order valence-electron chi connectivity index (χ0n) is 13.3. The van der Waals surface area contributed by atoms with Crippen molar-refractivity contribution in [2.45, 2.75) is 12.8 Å². The maximum absolute atomic E-state index is 12.0. The fraction of sp³-hybridized carbons (Fsp3) is 0.158. The molecule has 0 aromatic heterocycles. The molecular weight excluding hydrogens is 359 g/mol. The Labute approximate surface area is 156 Å². The number of unbranched alkanes of at least 4 members (excludes halogenated alkanes) is 1. The number of carbonyl (C=O) groups excluding carboxylic acids is 1. The minimum Gasteiger partial charge on any atom is -0.493 e. The van der Waals surface area contributed by atoms with Crippen LogP contribution >= 0.6 is 23.2 Å².